The van der Waals surface area contributed by atoms with Crippen LogP contribution in [0.5, 0.6) is 0 Å². The molecule has 1 fully saturated rings. The number of hydrogen-bond donors (Lipinski definition) is 1. The van der Waals surface area contributed by atoms with Crippen molar-refractivity contribution in [1.29, 1.82) is 0 Å². The molecule has 1 saturated heterocycles. The molecule has 1 rings (SSSR count). The van der Waals surface area contributed by atoms with Crippen LogP contribution in [0.25, 0.3) is 0 Å². The van der Waals surface area contributed by atoms with Gasteiger partial charge in [0.1, 0.15) is 19.3 Å². The van der Waals surface area contributed by atoms with Crippen molar-refractivity contribution < 1.29 is 38.1 Å². The SMILES string of the molecule is CCCCC/C=C\C/C=C\CCCCCCCC(=O)OCC(COC(=O)CCCCCCC/C=C\C/C=C\CCCCC)OC(=O)CC[C@H](CCCCCC)OC(=O)NCCN1CCCC1.S. The standard InChI is InChI=1S/C56H98N2O8.H2S/c1-4-7-10-13-15-17-19-21-23-25-27-29-31-33-36-41-53(59)63-49-52(50-64-54(60)42-37-34-32-30-28-26-24-22-20-18-16-14-11-8-5-2)65-55(61)44-43-51(40-35-12-9-6-3)66-56(62)57-45-48-58-46-38-39-47-58;/h15-18,21-24,51-52H,4-14,19-20,25-50H2,1-3H3,(H,57,62);1H2/b17-15-,18-16-,23-21-,24-22-;/t51-;/m0./s1. The largest absolute Gasteiger partial charge is 0.462 e. The van der Waals surface area contributed by atoms with Gasteiger partial charge in [0.25, 0.3) is 0 Å². The smallest absolute Gasteiger partial charge is 0.407 e. The molecule has 0 radical (unpaired) electrons. The Morgan fingerprint density at radius 1 is 0.478 bits per heavy atom. The number of alkyl carbamates (subject to hydrolysis) is 1. The van der Waals surface area contributed by atoms with Gasteiger partial charge in [-0.25, -0.2) is 4.79 Å². The van der Waals surface area contributed by atoms with Crippen molar-refractivity contribution in [1.82, 2.24) is 10.2 Å². The summed E-state index contributed by atoms with van der Waals surface area (Å²) in [6, 6.07) is 0. The number of hydrogen-bond acceptors (Lipinski definition) is 9. The fourth-order valence-electron chi connectivity index (χ4n) is 7.89. The first-order chi connectivity index (χ1) is 32.4. The fraction of sp³-hybridized carbons (Fsp3) is 0.786. The molecule has 388 valence electrons. The second-order valence-corrected chi connectivity index (χ2v) is 18.3. The van der Waals surface area contributed by atoms with E-state index >= 15 is 0 Å². The average molecular weight is 961 g/mol. The lowest BCUT2D eigenvalue weighted by Crippen LogP contribution is -2.36. The number of rotatable bonds is 45. The Kier molecular flexibility index (Phi) is 47.1. The summed E-state index contributed by atoms with van der Waals surface area (Å²) in [6.07, 6.45) is 48.6. The predicted molar refractivity (Wildman–Crippen MR) is 283 cm³/mol. The average Bonchev–Trinajstić information content (AvgIpc) is 3.84. The van der Waals surface area contributed by atoms with E-state index in [1.54, 1.807) is 0 Å². The highest BCUT2D eigenvalue weighted by atomic mass is 32.1. The number of carbonyl (C=O) groups excluding carboxylic acids is 4. The van der Waals surface area contributed by atoms with E-state index in [1.165, 1.54) is 64.2 Å². The van der Waals surface area contributed by atoms with Crippen LogP contribution in [-0.4, -0.2) is 80.5 Å². The number of unbranched alkanes of at least 4 members (excludes halogenated alkanes) is 19. The minimum absolute atomic E-state index is 0. The van der Waals surface area contributed by atoms with Crippen LogP contribution >= 0.6 is 13.5 Å². The van der Waals surface area contributed by atoms with Crippen LogP contribution < -0.4 is 5.32 Å². The predicted octanol–water partition coefficient (Wildman–Crippen LogP) is 14.7. The summed E-state index contributed by atoms with van der Waals surface area (Å²) in [4.78, 5) is 53.7. The normalized spacial score (nSPS) is 13.6. The topological polar surface area (TPSA) is 120 Å². The van der Waals surface area contributed by atoms with Gasteiger partial charge < -0.3 is 29.2 Å². The van der Waals surface area contributed by atoms with Crippen LogP contribution in [0.1, 0.15) is 233 Å². The number of nitrogens with zero attached hydrogens (tertiary/aromatic N) is 1. The molecular formula is C56H100N2O8S. The zero-order valence-electron chi connectivity index (χ0n) is 43.1. The van der Waals surface area contributed by atoms with Crippen molar-refractivity contribution in [2.24, 2.45) is 0 Å². The molecular weight excluding hydrogens is 861 g/mol. The molecule has 0 aliphatic carbocycles. The number of allylic oxidation sites excluding steroid dienone is 8. The van der Waals surface area contributed by atoms with E-state index in [9.17, 15) is 19.2 Å². The van der Waals surface area contributed by atoms with Gasteiger partial charge in [0, 0.05) is 32.4 Å². The Morgan fingerprint density at radius 2 is 0.910 bits per heavy atom. The molecule has 0 spiro atoms. The molecule has 0 aromatic heterocycles. The molecule has 0 saturated carbocycles. The number of ether oxygens (including phenoxy) is 4. The van der Waals surface area contributed by atoms with Gasteiger partial charge in [0.05, 0.1) is 0 Å². The van der Waals surface area contributed by atoms with Crippen molar-refractivity contribution in [3.05, 3.63) is 48.6 Å². The van der Waals surface area contributed by atoms with Gasteiger partial charge in [-0.15, -0.1) is 0 Å². The highest BCUT2D eigenvalue weighted by Gasteiger charge is 2.22. The third kappa shape index (κ3) is 43.9. The summed E-state index contributed by atoms with van der Waals surface area (Å²) < 4.78 is 22.7. The Labute approximate surface area is 417 Å². The number of carbonyl (C=O) groups is 4. The molecule has 1 aliphatic heterocycles. The van der Waals surface area contributed by atoms with Crippen molar-refractivity contribution >= 4 is 37.5 Å². The van der Waals surface area contributed by atoms with Crippen molar-refractivity contribution in [3.63, 3.8) is 0 Å². The Hall–Kier alpha value is -3.05. The first-order valence-corrected chi connectivity index (χ1v) is 27.1. The van der Waals surface area contributed by atoms with E-state index < -0.39 is 24.3 Å². The molecule has 11 heteroatoms. The molecule has 0 bridgehead atoms. The van der Waals surface area contributed by atoms with Crippen LogP contribution in [0.15, 0.2) is 48.6 Å². The van der Waals surface area contributed by atoms with Crippen LogP contribution in [0.4, 0.5) is 4.79 Å². The minimum atomic E-state index is -0.919. The van der Waals surface area contributed by atoms with E-state index in [0.717, 1.165) is 135 Å². The first kappa shape index (κ1) is 64.0. The van der Waals surface area contributed by atoms with E-state index in [-0.39, 0.29) is 57.9 Å². The number of nitrogens with one attached hydrogen (secondary N) is 1. The molecule has 1 heterocycles. The molecule has 1 amide bonds. The summed E-state index contributed by atoms with van der Waals surface area (Å²) in [5.41, 5.74) is 0. The van der Waals surface area contributed by atoms with E-state index in [2.05, 4.69) is 79.6 Å². The van der Waals surface area contributed by atoms with Crippen molar-refractivity contribution in [2.45, 2.75) is 245 Å². The maximum absolute atomic E-state index is 13.2. The van der Waals surface area contributed by atoms with Crippen LogP contribution in [0.3, 0.4) is 0 Å². The fourth-order valence-corrected chi connectivity index (χ4v) is 7.89. The highest BCUT2D eigenvalue weighted by molar-refractivity contribution is 7.59. The van der Waals surface area contributed by atoms with E-state index in [1.807, 2.05) is 0 Å². The second kappa shape index (κ2) is 49.4. The van der Waals surface area contributed by atoms with Gasteiger partial charge in [0.15, 0.2) is 6.10 Å². The van der Waals surface area contributed by atoms with Crippen LogP contribution in [0.2, 0.25) is 0 Å². The van der Waals surface area contributed by atoms with Gasteiger partial charge in [-0.2, -0.15) is 13.5 Å². The first-order valence-electron chi connectivity index (χ1n) is 27.1. The maximum Gasteiger partial charge on any atom is 0.407 e. The number of likely N-dealkylation sites (tertiary alicyclic amines) is 1. The lowest BCUT2D eigenvalue weighted by Gasteiger charge is -2.21. The molecule has 0 aromatic rings. The van der Waals surface area contributed by atoms with Crippen LogP contribution in [-0.2, 0) is 33.3 Å². The Morgan fingerprint density at radius 3 is 1.40 bits per heavy atom. The van der Waals surface area contributed by atoms with Gasteiger partial charge in [-0.1, -0.05) is 153 Å². The van der Waals surface area contributed by atoms with Gasteiger partial charge in [-0.3, -0.25) is 14.4 Å². The monoisotopic (exact) mass is 961 g/mol. The zero-order chi connectivity index (χ0) is 47.8. The summed E-state index contributed by atoms with van der Waals surface area (Å²) in [5, 5.41) is 2.88. The van der Waals surface area contributed by atoms with Crippen molar-refractivity contribution in [3.8, 4) is 0 Å². The molecule has 10 nitrogen and oxygen atoms in total. The summed E-state index contributed by atoms with van der Waals surface area (Å²) in [5.74, 6) is -1.21. The third-order valence-corrected chi connectivity index (χ3v) is 12.0. The lowest BCUT2D eigenvalue weighted by atomic mass is 10.1. The minimum Gasteiger partial charge on any atom is -0.462 e. The summed E-state index contributed by atoms with van der Waals surface area (Å²) in [7, 11) is 0. The summed E-state index contributed by atoms with van der Waals surface area (Å²) >= 11 is 0. The van der Waals surface area contributed by atoms with Crippen LogP contribution in [0, 0.1) is 0 Å². The summed E-state index contributed by atoms with van der Waals surface area (Å²) in [6.45, 7) is 9.69. The molecule has 0 unspecified atom stereocenters. The number of amides is 1. The molecule has 67 heavy (non-hydrogen) atoms. The third-order valence-electron chi connectivity index (χ3n) is 12.0. The van der Waals surface area contributed by atoms with Gasteiger partial charge in [0.2, 0.25) is 0 Å². The quantitative estimate of drug-likeness (QED) is 0.0275. The Balaban J connectivity index is 0.0000436. The van der Waals surface area contributed by atoms with Gasteiger partial charge >= 0.3 is 24.0 Å². The van der Waals surface area contributed by atoms with E-state index in [0.29, 0.717) is 19.4 Å². The Bertz CT molecular complexity index is 1240. The number of esters is 3. The molecule has 1 aliphatic rings. The zero-order valence-corrected chi connectivity index (χ0v) is 44.1. The second-order valence-electron chi connectivity index (χ2n) is 18.3. The van der Waals surface area contributed by atoms with Gasteiger partial charge in [-0.05, 0) is 122 Å². The molecule has 0 aromatic carbocycles. The highest BCUT2D eigenvalue weighted by Crippen LogP contribution is 2.16. The van der Waals surface area contributed by atoms with Crippen molar-refractivity contribution in [2.75, 3.05) is 39.4 Å². The molecule has 1 atom stereocenters. The maximum atomic E-state index is 13.2. The van der Waals surface area contributed by atoms with E-state index in [4.69, 9.17) is 18.9 Å². The molecule has 1 N–H and O–H groups in total. The lowest BCUT2D eigenvalue weighted by molar-refractivity contribution is -0.167.